The summed E-state index contributed by atoms with van der Waals surface area (Å²) in [5.41, 5.74) is 3.16. The van der Waals surface area contributed by atoms with E-state index in [9.17, 15) is 14.0 Å². The normalized spacial score (nSPS) is 13.7. The highest BCUT2D eigenvalue weighted by atomic mass is 32.1. The van der Waals surface area contributed by atoms with Crippen LogP contribution in [0.1, 0.15) is 27.5 Å². The van der Waals surface area contributed by atoms with Crippen LogP contribution in [0.25, 0.3) is 11.1 Å². The van der Waals surface area contributed by atoms with Crippen LogP contribution in [0.4, 0.5) is 9.52 Å². The lowest BCUT2D eigenvalue weighted by Crippen LogP contribution is -2.37. The van der Waals surface area contributed by atoms with Crippen molar-refractivity contribution in [2.75, 3.05) is 5.32 Å². The molecule has 0 unspecified atom stereocenters. The highest BCUT2D eigenvalue weighted by Crippen LogP contribution is 2.35. The number of amides is 2. The van der Waals surface area contributed by atoms with Gasteiger partial charge in [-0.1, -0.05) is 54.6 Å². The number of nitrogens with zero attached hydrogens (tertiary/aromatic N) is 2. The third-order valence-electron chi connectivity index (χ3n) is 5.46. The molecule has 0 bridgehead atoms. The van der Waals surface area contributed by atoms with Crippen molar-refractivity contribution < 1.29 is 14.0 Å². The summed E-state index contributed by atoms with van der Waals surface area (Å²) < 4.78 is 14.3. The van der Waals surface area contributed by atoms with E-state index in [2.05, 4.69) is 10.3 Å². The number of hydrogen-bond acceptors (Lipinski definition) is 4. The fourth-order valence-corrected chi connectivity index (χ4v) is 4.51. The number of hydrogen-bond donors (Lipinski definition) is 1. The topological polar surface area (TPSA) is 62.3 Å². The van der Waals surface area contributed by atoms with Crippen LogP contribution < -0.4 is 5.32 Å². The summed E-state index contributed by atoms with van der Waals surface area (Å²) in [5, 5.41) is 5.06. The van der Waals surface area contributed by atoms with Gasteiger partial charge in [0, 0.05) is 29.2 Å². The van der Waals surface area contributed by atoms with Crippen LogP contribution in [-0.2, 0) is 11.3 Å². The zero-order valence-corrected chi connectivity index (χ0v) is 17.7. The minimum atomic E-state index is -0.822. The average molecular weight is 444 g/mol. The largest absolute Gasteiger partial charge is 0.318 e. The van der Waals surface area contributed by atoms with Gasteiger partial charge in [0.25, 0.3) is 11.8 Å². The molecule has 4 aromatic rings. The maximum Gasteiger partial charge on any atom is 0.255 e. The van der Waals surface area contributed by atoms with Crippen LogP contribution in [0.5, 0.6) is 0 Å². The molecule has 0 fully saturated rings. The van der Waals surface area contributed by atoms with Crippen LogP contribution in [0.15, 0.2) is 84.4 Å². The van der Waals surface area contributed by atoms with Gasteiger partial charge in [0.15, 0.2) is 5.13 Å². The van der Waals surface area contributed by atoms with Gasteiger partial charge in [-0.25, -0.2) is 9.37 Å². The van der Waals surface area contributed by atoms with E-state index in [1.165, 1.54) is 17.4 Å². The van der Waals surface area contributed by atoms with Gasteiger partial charge < -0.3 is 4.90 Å². The van der Waals surface area contributed by atoms with Crippen molar-refractivity contribution in [1.29, 1.82) is 0 Å². The van der Waals surface area contributed by atoms with Crippen molar-refractivity contribution in [2.45, 2.75) is 12.6 Å². The maximum absolute atomic E-state index is 14.3. The van der Waals surface area contributed by atoms with Crippen molar-refractivity contribution in [3.63, 3.8) is 0 Å². The highest BCUT2D eigenvalue weighted by molar-refractivity contribution is 7.13. The number of anilines is 1. The Labute approximate surface area is 188 Å². The lowest BCUT2D eigenvalue weighted by Gasteiger charge is -2.27. The molecule has 158 valence electrons. The zero-order chi connectivity index (χ0) is 22.1. The number of nitrogens with one attached hydrogen (secondary N) is 1. The summed E-state index contributed by atoms with van der Waals surface area (Å²) in [7, 11) is 0. The number of fused-ring (bicyclic) bond motifs is 1. The summed E-state index contributed by atoms with van der Waals surface area (Å²) in [6.45, 7) is 0.251. The molecule has 1 aliphatic heterocycles. The Bertz CT molecular complexity index is 1290. The molecule has 2 amide bonds. The van der Waals surface area contributed by atoms with Gasteiger partial charge in [0.2, 0.25) is 0 Å². The van der Waals surface area contributed by atoms with E-state index in [0.29, 0.717) is 27.4 Å². The van der Waals surface area contributed by atoms with Crippen LogP contribution in [-0.4, -0.2) is 21.7 Å². The molecule has 32 heavy (non-hydrogen) atoms. The number of halogens is 1. The molecule has 0 saturated carbocycles. The molecule has 5 rings (SSSR count). The first-order chi connectivity index (χ1) is 15.6. The van der Waals surface area contributed by atoms with E-state index in [-0.39, 0.29) is 24.2 Å². The van der Waals surface area contributed by atoms with E-state index in [4.69, 9.17) is 0 Å². The van der Waals surface area contributed by atoms with E-state index in [1.807, 2.05) is 36.4 Å². The molecule has 0 saturated heterocycles. The Kier molecular flexibility index (Phi) is 5.25. The predicted octanol–water partition coefficient (Wildman–Crippen LogP) is 5.29. The summed E-state index contributed by atoms with van der Waals surface area (Å²) in [5.74, 6) is -0.886. The number of aromatic nitrogens is 1. The fourth-order valence-electron chi connectivity index (χ4n) is 3.98. The lowest BCUT2D eigenvalue weighted by molar-refractivity contribution is -0.120. The smallest absolute Gasteiger partial charge is 0.255 e. The Morgan fingerprint density at radius 1 is 1.03 bits per heavy atom. The quantitative estimate of drug-likeness (QED) is 0.456. The molecule has 3 aromatic carbocycles. The summed E-state index contributed by atoms with van der Waals surface area (Å²) in [6, 6.07) is 20.2. The molecule has 0 spiro atoms. The van der Waals surface area contributed by atoms with Gasteiger partial charge in [-0.15, -0.1) is 11.3 Å². The third kappa shape index (κ3) is 3.67. The van der Waals surface area contributed by atoms with Crippen LogP contribution >= 0.6 is 11.3 Å². The summed E-state index contributed by atoms with van der Waals surface area (Å²) in [4.78, 5) is 32.2. The molecule has 1 aliphatic rings. The number of rotatable bonds is 5. The average Bonchev–Trinajstić information content (AvgIpc) is 3.43. The highest BCUT2D eigenvalue weighted by Gasteiger charge is 2.37. The second-order valence-corrected chi connectivity index (χ2v) is 8.32. The van der Waals surface area contributed by atoms with Gasteiger partial charge in [0.1, 0.15) is 11.9 Å². The lowest BCUT2D eigenvalue weighted by atomic mass is 10.00. The molecule has 0 radical (unpaired) electrons. The predicted molar refractivity (Wildman–Crippen MR) is 122 cm³/mol. The van der Waals surface area contributed by atoms with E-state index in [1.54, 1.807) is 46.8 Å². The van der Waals surface area contributed by atoms with Crippen molar-refractivity contribution in [1.82, 2.24) is 9.88 Å². The first-order valence-corrected chi connectivity index (χ1v) is 10.9. The second-order valence-electron chi connectivity index (χ2n) is 7.42. The molecular formula is C25H18FN3O2S. The molecule has 1 N–H and O–H groups in total. The van der Waals surface area contributed by atoms with E-state index < -0.39 is 6.04 Å². The molecular weight excluding hydrogens is 425 g/mol. The van der Waals surface area contributed by atoms with Crippen LogP contribution in [0, 0.1) is 5.82 Å². The first-order valence-electron chi connectivity index (χ1n) is 10.1. The summed E-state index contributed by atoms with van der Waals surface area (Å²) in [6.07, 6.45) is 1.61. The Balaban J connectivity index is 1.50. The molecule has 5 nitrogen and oxygen atoms in total. The molecule has 7 heteroatoms. The van der Waals surface area contributed by atoms with Crippen LogP contribution in [0.2, 0.25) is 0 Å². The number of carbonyl (C=O) groups excluding carboxylic acids is 2. The van der Waals surface area contributed by atoms with E-state index in [0.717, 1.165) is 5.56 Å². The van der Waals surface area contributed by atoms with Crippen molar-refractivity contribution >= 4 is 28.3 Å². The monoisotopic (exact) mass is 443 g/mol. The van der Waals surface area contributed by atoms with Crippen LogP contribution in [0.3, 0.4) is 0 Å². The Morgan fingerprint density at radius 2 is 1.81 bits per heavy atom. The van der Waals surface area contributed by atoms with Gasteiger partial charge in [-0.3, -0.25) is 14.9 Å². The van der Waals surface area contributed by atoms with Crippen molar-refractivity contribution in [2.24, 2.45) is 0 Å². The minimum absolute atomic E-state index is 0.233. The Hall–Kier alpha value is -3.84. The second kappa shape index (κ2) is 8.36. The third-order valence-corrected chi connectivity index (χ3v) is 6.15. The Morgan fingerprint density at radius 3 is 2.56 bits per heavy atom. The zero-order valence-electron chi connectivity index (χ0n) is 16.9. The van der Waals surface area contributed by atoms with Gasteiger partial charge in [-0.05, 0) is 34.9 Å². The van der Waals surface area contributed by atoms with E-state index >= 15 is 0 Å². The van der Waals surface area contributed by atoms with Crippen molar-refractivity contribution in [3.05, 3.63) is 107 Å². The standard InChI is InChI=1S/C25H18FN3O2S/c26-21-9-5-4-8-19(21)17-10-11-20-18(14-17)15-29(24(20)31)22(16-6-2-1-3-7-16)23(30)28-25-27-12-13-32-25/h1-14,22H,15H2,(H,27,28,30)/t22-/m1/s1. The van der Waals surface area contributed by atoms with Gasteiger partial charge >= 0.3 is 0 Å². The van der Waals surface area contributed by atoms with Gasteiger partial charge in [-0.2, -0.15) is 0 Å². The number of carbonyl (C=O) groups is 2. The number of benzene rings is 3. The SMILES string of the molecule is O=C(Nc1nccs1)[C@@H](c1ccccc1)N1Cc2cc(-c3ccccc3F)ccc2C1=O. The maximum atomic E-state index is 14.3. The van der Waals surface area contributed by atoms with Gasteiger partial charge in [0.05, 0.1) is 0 Å². The molecule has 0 aliphatic carbocycles. The van der Waals surface area contributed by atoms with Crippen molar-refractivity contribution in [3.8, 4) is 11.1 Å². The molecule has 1 aromatic heterocycles. The molecule has 1 atom stereocenters. The minimum Gasteiger partial charge on any atom is -0.318 e. The fraction of sp³-hybridized carbons (Fsp3) is 0.0800. The number of thiazole rings is 1. The summed E-state index contributed by atoms with van der Waals surface area (Å²) >= 11 is 1.31. The molecule has 2 heterocycles. The first kappa shape index (κ1) is 20.1.